The van der Waals surface area contributed by atoms with Crippen LogP contribution in [-0.4, -0.2) is 49.9 Å². The second kappa shape index (κ2) is 6.83. The second-order valence-electron chi connectivity index (χ2n) is 4.27. The molecule has 0 spiro atoms. The molecule has 1 unspecified atom stereocenters. The molecule has 0 saturated carbocycles. The van der Waals surface area contributed by atoms with Crippen molar-refractivity contribution in [1.29, 1.82) is 0 Å². The zero-order chi connectivity index (χ0) is 13.7. The molecule has 2 heterocycles. The lowest BCUT2D eigenvalue weighted by Crippen LogP contribution is -2.36. The van der Waals surface area contributed by atoms with Gasteiger partial charge in [0.15, 0.2) is 5.13 Å². The average molecular weight is 285 g/mol. The number of morpholine rings is 1. The van der Waals surface area contributed by atoms with E-state index in [-0.39, 0.29) is 5.97 Å². The largest absolute Gasteiger partial charge is 0.465 e. The monoisotopic (exact) mass is 285 g/mol. The molecule has 1 aromatic heterocycles. The van der Waals surface area contributed by atoms with E-state index in [0.29, 0.717) is 13.0 Å². The Morgan fingerprint density at radius 2 is 2.37 bits per heavy atom. The molecule has 1 aliphatic heterocycles. The number of nitrogens with two attached hydrogens (primary N) is 1. The van der Waals surface area contributed by atoms with E-state index >= 15 is 0 Å². The molecule has 2 rings (SSSR count). The van der Waals surface area contributed by atoms with Crippen LogP contribution in [0.25, 0.3) is 0 Å². The Bertz CT molecular complexity index is 418. The molecule has 0 radical (unpaired) electrons. The molecular formula is C12H19N3O3S. The maximum absolute atomic E-state index is 11.5. The van der Waals surface area contributed by atoms with Crippen molar-refractivity contribution in [2.45, 2.75) is 19.4 Å². The van der Waals surface area contributed by atoms with Crippen molar-refractivity contribution in [1.82, 2.24) is 4.98 Å². The van der Waals surface area contributed by atoms with Crippen LogP contribution in [0.5, 0.6) is 0 Å². The maximum Gasteiger partial charge on any atom is 0.323 e. The number of carbonyl (C=O) groups is 1. The van der Waals surface area contributed by atoms with Gasteiger partial charge >= 0.3 is 5.97 Å². The van der Waals surface area contributed by atoms with Gasteiger partial charge in [0.1, 0.15) is 6.04 Å². The van der Waals surface area contributed by atoms with Gasteiger partial charge in [-0.15, -0.1) is 11.3 Å². The standard InChI is InChI=1S/C12H19N3O3S/c1-2-18-11(16)10(13)7-9-8-14-12(19-9)15-3-5-17-6-4-15/h8,10H,2-7,13H2,1H3. The predicted molar refractivity (Wildman–Crippen MR) is 73.5 cm³/mol. The first kappa shape index (κ1) is 14.2. The minimum Gasteiger partial charge on any atom is -0.465 e. The van der Waals surface area contributed by atoms with Gasteiger partial charge in [-0.2, -0.15) is 0 Å². The van der Waals surface area contributed by atoms with Crippen LogP contribution in [0.4, 0.5) is 5.13 Å². The van der Waals surface area contributed by atoms with Crippen LogP contribution < -0.4 is 10.6 Å². The van der Waals surface area contributed by atoms with E-state index in [1.165, 1.54) is 0 Å². The van der Waals surface area contributed by atoms with E-state index in [1.807, 2.05) is 0 Å². The molecule has 0 bridgehead atoms. The van der Waals surface area contributed by atoms with Crippen LogP contribution in [0.3, 0.4) is 0 Å². The predicted octanol–water partition coefficient (Wildman–Crippen LogP) is 0.413. The Morgan fingerprint density at radius 1 is 1.63 bits per heavy atom. The molecule has 1 fully saturated rings. The molecule has 106 valence electrons. The molecule has 1 atom stereocenters. The van der Waals surface area contributed by atoms with Gasteiger partial charge in [-0.25, -0.2) is 4.98 Å². The normalized spacial score (nSPS) is 17.3. The first-order valence-electron chi connectivity index (χ1n) is 6.40. The molecule has 6 nitrogen and oxygen atoms in total. The van der Waals surface area contributed by atoms with Crippen molar-refractivity contribution >= 4 is 22.4 Å². The van der Waals surface area contributed by atoms with Gasteiger partial charge in [0.05, 0.1) is 19.8 Å². The van der Waals surface area contributed by atoms with Crippen molar-refractivity contribution < 1.29 is 14.3 Å². The number of carbonyl (C=O) groups excluding carboxylic acids is 1. The summed E-state index contributed by atoms with van der Waals surface area (Å²) in [5.41, 5.74) is 5.79. The highest BCUT2D eigenvalue weighted by Gasteiger charge is 2.19. The Hall–Kier alpha value is -1.18. The highest BCUT2D eigenvalue weighted by Crippen LogP contribution is 2.24. The molecular weight excluding hydrogens is 266 g/mol. The fourth-order valence-electron chi connectivity index (χ4n) is 1.84. The van der Waals surface area contributed by atoms with Crippen molar-refractivity contribution in [2.75, 3.05) is 37.8 Å². The molecule has 1 aromatic rings. The van der Waals surface area contributed by atoms with Gasteiger partial charge < -0.3 is 20.1 Å². The van der Waals surface area contributed by atoms with E-state index in [0.717, 1.165) is 36.3 Å². The third kappa shape index (κ3) is 3.89. The Morgan fingerprint density at radius 3 is 3.05 bits per heavy atom. The molecule has 1 aliphatic rings. The van der Waals surface area contributed by atoms with Crippen LogP contribution in [0.2, 0.25) is 0 Å². The lowest BCUT2D eigenvalue weighted by atomic mass is 10.2. The molecule has 19 heavy (non-hydrogen) atoms. The van der Waals surface area contributed by atoms with Crippen molar-refractivity contribution in [2.24, 2.45) is 5.73 Å². The minimum atomic E-state index is -0.613. The molecule has 0 amide bonds. The van der Waals surface area contributed by atoms with Gasteiger partial charge in [-0.3, -0.25) is 4.79 Å². The van der Waals surface area contributed by atoms with Gasteiger partial charge in [0, 0.05) is 30.6 Å². The van der Waals surface area contributed by atoms with Crippen LogP contribution in [0.1, 0.15) is 11.8 Å². The SMILES string of the molecule is CCOC(=O)C(N)Cc1cnc(N2CCOCC2)s1. The number of rotatable bonds is 5. The average Bonchev–Trinajstić information content (AvgIpc) is 2.88. The summed E-state index contributed by atoms with van der Waals surface area (Å²) in [7, 11) is 0. The summed E-state index contributed by atoms with van der Waals surface area (Å²) in [5, 5.41) is 0.967. The molecule has 7 heteroatoms. The van der Waals surface area contributed by atoms with Crippen LogP contribution in [0.15, 0.2) is 6.20 Å². The number of esters is 1. The van der Waals surface area contributed by atoms with Crippen LogP contribution in [0, 0.1) is 0 Å². The Balaban J connectivity index is 1.91. The number of thiazole rings is 1. The zero-order valence-corrected chi connectivity index (χ0v) is 11.8. The summed E-state index contributed by atoms with van der Waals surface area (Å²) < 4.78 is 10.2. The highest BCUT2D eigenvalue weighted by molar-refractivity contribution is 7.15. The topological polar surface area (TPSA) is 77.7 Å². The Labute approximate surface area is 116 Å². The van der Waals surface area contributed by atoms with Crippen LogP contribution in [-0.2, 0) is 20.7 Å². The van der Waals surface area contributed by atoms with E-state index in [2.05, 4.69) is 9.88 Å². The van der Waals surface area contributed by atoms with E-state index in [1.54, 1.807) is 24.5 Å². The van der Waals surface area contributed by atoms with E-state index in [4.69, 9.17) is 15.2 Å². The lowest BCUT2D eigenvalue weighted by molar-refractivity contribution is -0.144. The molecule has 1 saturated heterocycles. The number of anilines is 1. The zero-order valence-electron chi connectivity index (χ0n) is 11.0. The summed E-state index contributed by atoms with van der Waals surface area (Å²) in [4.78, 5) is 19.0. The number of nitrogens with zero attached hydrogens (tertiary/aromatic N) is 2. The van der Waals surface area contributed by atoms with Crippen molar-refractivity contribution in [3.05, 3.63) is 11.1 Å². The van der Waals surface area contributed by atoms with Gasteiger partial charge in [-0.05, 0) is 6.92 Å². The third-order valence-electron chi connectivity index (χ3n) is 2.83. The number of hydrogen-bond acceptors (Lipinski definition) is 7. The number of ether oxygens (including phenoxy) is 2. The number of aromatic nitrogens is 1. The number of hydrogen-bond donors (Lipinski definition) is 1. The summed E-state index contributed by atoms with van der Waals surface area (Å²) >= 11 is 1.57. The van der Waals surface area contributed by atoms with E-state index in [9.17, 15) is 4.79 Å². The quantitative estimate of drug-likeness (QED) is 0.790. The van der Waals surface area contributed by atoms with E-state index < -0.39 is 6.04 Å². The van der Waals surface area contributed by atoms with Crippen LogP contribution >= 0.6 is 11.3 Å². The first-order chi connectivity index (χ1) is 9.20. The Kier molecular flexibility index (Phi) is 5.12. The summed E-state index contributed by atoms with van der Waals surface area (Å²) in [5.74, 6) is -0.358. The minimum absolute atomic E-state index is 0.355. The van der Waals surface area contributed by atoms with Crippen molar-refractivity contribution in [3.8, 4) is 0 Å². The summed E-state index contributed by atoms with van der Waals surface area (Å²) in [6.07, 6.45) is 2.26. The fraction of sp³-hybridized carbons (Fsp3) is 0.667. The van der Waals surface area contributed by atoms with Gasteiger partial charge in [-0.1, -0.05) is 0 Å². The van der Waals surface area contributed by atoms with Gasteiger partial charge in [0.25, 0.3) is 0 Å². The second-order valence-corrected chi connectivity index (χ2v) is 5.36. The molecule has 2 N–H and O–H groups in total. The summed E-state index contributed by atoms with van der Waals surface area (Å²) in [6.45, 7) is 5.31. The van der Waals surface area contributed by atoms with Crippen molar-refractivity contribution in [3.63, 3.8) is 0 Å². The molecule has 0 aliphatic carbocycles. The lowest BCUT2D eigenvalue weighted by Gasteiger charge is -2.26. The maximum atomic E-state index is 11.5. The first-order valence-corrected chi connectivity index (χ1v) is 7.22. The molecule has 0 aromatic carbocycles. The highest BCUT2D eigenvalue weighted by atomic mass is 32.1. The van der Waals surface area contributed by atoms with Gasteiger partial charge in [0.2, 0.25) is 0 Å². The third-order valence-corrected chi connectivity index (χ3v) is 3.91. The fourth-order valence-corrected chi connectivity index (χ4v) is 2.86. The summed E-state index contributed by atoms with van der Waals surface area (Å²) in [6, 6.07) is -0.613. The smallest absolute Gasteiger partial charge is 0.323 e.